The average Bonchev–Trinajstić information content (AvgIpc) is 2.46. The van der Waals surface area contributed by atoms with Crippen molar-refractivity contribution in [1.29, 1.82) is 0 Å². The third kappa shape index (κ3) is 4.04. The van der Waals surface area contributed by atoms with Gasteiger partial charge in [-0.2, -0.15) is 15.0 Å². The van der Waals surface area contributed by atoms with Crippen molar-refractivity contribution in [2.45, 2.75) is 23.4 Å². The van der Waals surface area contributed by atoms with Gasteiger partial charge in [-0.05, 0) is 30.3 Å². The molecule has 0 atom stereocenters. The number of aromatic nitrogens is 4. The maximum atomic E-state index is 5.39. The Balaban J connectivity index is 2.19. The van der Waals surface area contributed by atoms with E-state index in [0.717, 1.165) is 11.3 Å². The number of hydrogen-bond acceptors (Lipinski definition) is 8. The van der Waals surface area contributed by atoms with Crippen LogP contribution in [0.15, 0.2) is 34.6 Å². The number of anilines is 1. The van der Waals surface area contributed by atoms with Crippen molar-refractivity contribution in [3.63, 3.8) is 0 Å². The highest BCUT2D eigenvalue weighted by atomic mass is 32.2. The van der Waals surface area contributed by atoms with Gasteiger partial charge in [-0.3, -0.25) is 10.4 Å². The molecule has 3 N–H and O–H groups in total. The average molecular weight is 278 g/mol. The van der Waals surface area contributed by atoms with Crippen LogP contribution in [0.4, 0.5) is 5.95 Å². The number of rotatable bonds is 6. The highest BCUT2D eigenvalue weighted by Gasteiger charge is 2.08. The maximum Gasteiger partial charge on any atom is 0.322 e. The number of nitrogens with two attached hydrogens (primary N) is 1. The van der Waals surface area contributed by atoms with Crippen LogP contribution in [0.5, 0.6) is 6.01 Å². The second-order valence-electron chi connectivity index (χ2n) is 3.50. The topological polar surface area (TPSA) is 98.8 Å². The number of hydrogen-bond donors (Lipinski definition) is 2. The van der Waals surface area contributed by atoms with Gasteiger partial charge in [-0.25, -0.2) is 5.84 Å². The minimum Gasteiger partial charge on any atom is -0.463 e. The summed E-state index contributed by atoms with van der Waals surface area (Å²) in [5, 5.41) is 0.514. The number of pyridine rings is 1. The minimum atomic E-state index is 0.265. The van der Waals surface area contributed by atoms with Crippen molar-refractivity contribution in [1.82, 2.24) is 19.9 Å². The predicted molar refractivity (Wildman–Crippen MR) is 71.8 cm³/mol. The first-order valence-electron chi connectivity index (χ1n) is 5.75. The van der Waals surface area contributed by atoms with E-state index in [-0.39, 0.29) is 12.0 Å². The fourth-order valence-corrected chi connectivity index (χ4v) is 1.94. The smallest absolute Gasteiger partial charge is 0.322 e. The number of hydrazine groups is 1. The molecule has 0 spiro atoms. The lowest BCUT2D eigenvalue weighted by molar-refractivity contribution is 0.288. The Kier molecular flexibility index (Phi) is 4.87. The molecule has 8 heteroatoms. The lowest BCUT2D eigenvalue weighted by atomic mass is 10.5. The number of nitrogens with one attached hydrogen (secondary N) is 1. The summed E-state index contributed by atoms with van der Waals surface area (Å²) in [6.45, 7) is 2.56. The molecule has 0 aromatic carbocycles. The molecule has 0 unspecified atom stereocenters. The molecule has 2 aromatic heterocycles. The molecule has 0 aliphatic rings. The lowest BCUT2D eigenvalue weighted by Crippen LogP contribution is -2.13. The Morgan fingerprint density at radius 1 is 1.26 bits per heavy atom. The summed E-state index contributed by atoms with van der Waals surface area (Å²) in [5.74, 6) is 5.61. The van der Waals surface area contributed by atoms with Crippen LogP contribution in [-0.4, -0.2) is 26.5 Å². The summed E-state index contributed by atoms with van der Waals surface area (Å²) in [6, 6.07) is 4.01. The molecule has 0 aliphatic carbocycles. The third-order valence-electron chi connectivity index (χ3n) is 2.02. The summed E-state index contributed by atoms with van der Waals surface area (Å²) in [4.78, 5) is 17.3. The molecule has 2 aromatic rings. The third-order valence-corrected chi connectivity index (χ3v) is 2.89. The summed E-state index contributed by atoms with van der Waals surface area (Å²) in [5.41, 5.74) is 2.40. The number of nitrogen functional groups attached to an aromatic ring is 1. The van der Waals surface area contributed by atoms with Gasteiger partial charge in [0.05, 0.1) is 6.61 Å². The van der Waals surface area contributed by atoms with E-state index >= 15 is 0 Å². The molecule has 0 saturated heterocycles. The quantitative estimate of drug-likeness (QED) is 0.605. The van der Waals surface area contributed by atoms with Crippen molar-refractivity contribution in [2.75, 3.05) is 12.0 Å². The summed E-state index contributed by atoms with van der Waals surface area (Å²) in [7, 11) is 0. The van der Waals surface area contributed by atoms with Gasteiger partial charge in [0.25, 0.3) is 0 Å². The van der Waals surface area contributed by atoms with E-state index in [1.165, 1.54) is 11.8 Å². The first-order valence-corrected chi connectivity index (χ1v) is 6.57. The number of nitrogens with zero attached hydrogens (tertiary/aromatic N) is 4. The van der Waals surface area contributed by atoms with E-state index in [4.69, 9.17) is 10.6 Å². The van der Waals surface area contributed by atoms with Gasteiger partial charge in [0.15, 0.2) is 0 Å². The van der Waals surface area contributed by atoms with E-state index in [1.807, 2.05) is 19.1 Å². The Hall–Kier alpha value is -1.93. The van der Waals surface area contributed by atoms with Gasteiger partial charge in [0.1, 0.15) is 0 Å². The van der Waals surface area contributed by atoms with Gasteiger partial charge in [0.2, 0.25) is 11.1 Å². The van der Waals surface area contributed by atoms with Crippen molar-refractivity contribution in [3.05, 3.63) is 24.5 Å². The van der Waals surface area contributed by atoms with Gasteiger partial charge in [-0.15, -0.1) is 0 Å². The highest BCUT2D eigenvalue weighted by Crippen LogP contribution is 2.25. The normalized spacial score (nSPS) is 10.2. The Labute approximate surface area is 115 Å². The van der Waals surface area contributed by atoms with Crippen LogP contribution in [0.3, 0.4) is 0 Å². The molecule has 0 bridgehead atoms. The van der Waals surface area contributed by atoms with E-state index < -0.39 is 0 Å². The second kappa shape index (κ2) is 6.86. The van der Waals surface area contributed by atoms with Gasteiger partial charge < -0.3 is 4.74 Å². The fourth-order valence-electron chi connectivity index (χ4n) is 1.22. The molecule has 0 fully saturated rings. The van der Waals surface area contributed by atoms with Crippen LogP contribution in [0.25, 0.3) is 0 Å². The lowest BCUT2D eigenvalue weighted by Gasteiger charge is -2.06. The van der Waals surface area contributed by atoms with E-state index in [1.54, 1.807) is 12.4 Å². The summed E-state index contributed by atoms with van der Waals surface area (Å²) in [6.07, 6.45) is 4.30. The maximum absolute atomic E-state index is 5.39. The molecule has 2 rings (SSSR count). The monoisotopic (exact) mass is 278 g/mol. The van der Waals surface area contributed by atoms with Crippen LogP contribution < -0.4 is 16.0 Å². The largest absolute Gasteiger partial charge is 0.463 e. The zero-order valence-electron chi connectivity index (χ0n) is 10.4. The van der Waals surface area contributed by atoms with Crippen LogP contribution in [-0.2, 0) is 0 Å². The summed E-state index contributed by atoms with van der Waals surface area (Å²) >= 11 is 1.39. The van der Waals surface area contributed by atoms with Crippen LogP contribution in [0.1, 0.15) is 13.3 Å². The molecule has 7 nitrogen and oxygen atoms in total. The van der Waals surface area contributed by atoms with Gasteiger partial charge in [0, 0.05) is 17.3 Å². The number of ether oxygens (including phenoxy) is 1. The van der Waals surface area contributed by atoms with E-state index in [9.17, 15) is 0 Å². The SMILES string of the molecule is CCCOc1nc(NN)nc(Sc2ccncc2)n1. The van der Waals surface area contributed by atoms with E-state index in [2.05, 4.69) is 25.4 Å². The Morgan fingerprint density at radius 3 is 2.74 bits per heavy atom. The molecule has 0 radical (unpaired) electrons. The summed E-state index contributed by atoms with van der Waals surface area (Å²) < 4.78 is 5.39. The highest BCUT2D eigenvalue weighted by molar-refractivity contribution is 7.99. The standard InChI is InChI=1S/C11H14N6OS/c1-2-7-18-10-14-9(17-12)15-11(16-10)19-8-3-5-13-6-4-8/h3-6H,2,7,12H2,1H3,(H,14,15,16,17). The predicted octanol–water partition coefficient (Wildman–Crippen LogP) is 1.49. The van der Waals surface area contributed by atoms with Crippen molar-refractivity contribution >= 4 is 17.7 Å². The molecular weight excluding hydrogens is 264 g/mol. The molecule has 2 heterocycles. The van der Waals surface area contributed by atoms with Gasteiger partial charge >= 0.3 is 6.01 Å². The molecule has 0 saturated carbocycles. The van der Waals surface area contributed by atoms with E-state index in [0.29, 0.717) is 11.8 Å². The Morgan fingerprint density at radius 2 is 2.05 bits per heavy atom. The Bertz CT molecular complexity index is 524. The molecule has 0 aliphatic heterocycles. The van der Waals surface area contributed by atoms with Crippen molar-refractivity contribution in [2.24, 2.45) is 5.84 Å². The first-order chi connectivity index (χ1) is 9.31. The zero-order chi connectivity index (χ0) is 13.5. The molecule has 0 amide bonds. The van der Waals surface area contributed by atoms with Crippen molar-refractivity contribution in [3.8, 4) is 6.01 Å². The van der Waals surface area contributed by atoms with Gasteiger partial charge in [-0.1, -0.05) is 6.92 Å². The van der Waals surface area contributed by atoms with Crippen LogP contribution in [0.2, 0.25) is 0 Å². The van der Waals surface area contributed by atoms with Crippen LogP contribution in [0, 0.1) is 0 Å². The van der Waals surface area contributed by atoms with Crippen LogP contribution >= 0.6 is 11.8 Å². The fraction of sp³-hybridized carbons (Fsp3) is 0.273. The zero-order valence-corrected chi connectivity index (χ0v) is 11.2. The second-order valence-corrected chi connectivity index (χ2v) is 4.54. The molecular formula is C11H14N6OS. The molecule has 100 valence electrons. The minimum absolute atomic E-state index is 0.265. The first kappa shape index (κ1) is 13.5. The van der Waals surface area contributed by atoms with Crippen molar-refractivity contribution < 1.29 is 4.74 Å². The molecule has 19 heavy (non-hydrogen) atoms.